The topological polar surface area (TPSA) is 113 Å². The van der Waals surface area contributed by atoms with Gasteiger partial charge in [0.15, 0.2) is 0 Å². The molecule has 0 unspecified atom stereocenters. The van der Waals surface area contributed by atoms with E-state index in [2.05, 4.69) is 20.3 Å². The summed E-state index contributed by atoms with van der Waals surface area (Å²) >= 11 is 0. The highest BCUT2D eigenvalue weighted by Gasteiger charge is 2.09. The van der Waals surface area contributed by atoms with Gasteiger partial charge < -0.3 is 14.9 Å². The Morgan fingerprint density at radius 2 is 2.12 bits per heavy atom. The molecule has 8 nitrogen and oxygen atoms in total. The summed E-state index contributed by atoms with van der Waals surface area (Å²) in [6.45, 7) is 2.30. The molecule has 3 aromatic rings. The van der Waals surface area contributed by atoms with E-state index in [0.717, 1.165) is 5.56 Å². The summed E-state index contributed by atoms with van der Waals surface area (Å²) in [5.41, 5.74) is 1.62. The molecule has 0 fully saturated rings. The van der Waals surface area contributed by atoms with Crippen LogP contribution in [0.3, 0.4) is 0 Å². The Kier molecular flexibility index (Phi) is 5.12. The molecule has 2 aromatic heterocycles. The number of aryl methyl sites for hydroxylation is 1. The number of nitrogens with one attached hydrogen (secondary N) is 3. The third-order valence-electron chi connectivity index (χ3n) is 3.99. The van der Waals surface area contributed by atoms with Crippen molar-refractivity contribution in [2.75, 3.05) is 5.32 Å². The summed E-state index contributed by atoms with van der Waals surface area (Å²) in [4.78, 5) is 43.9. The number of benzene rings is 1. The fourth-order valence-corrected chi connectivity index (χ4v) is 2.73. The fourth-order valence-electron chi connectivity index (χ4n) is 2.73. The number of carbonyl (C=O) groups is 1. The van der Waals surface area contributed by atoms with Crippen LogP contribution in [0.4, 0.5) is 5.69 Å². The second-order valence-corrected chi connectivity index (χ2v) is 6.00. The minimum atomic E-state index is -0.546. The van der Waals surface area contributed by atoms with Crippen LogP contribution in [-0.2, 0) is 17.8 Å². The van der Waals surface area contributed by atoms with E-state index in [0.29, 0.717) is 23.5 Å². The van der Waals surface area contributed by atoms with Gasteiger partial charge in [-0.05, 0) is 31.0 Å². The van der Waals surface area contributed by atoms with Crippen molar-refractivity contribution in [2.45, 2.75) is 26.3 Å². The Hall–Kier alpha value is -3.42. The maximum Gasteiger partial charge on any atom is 0.325 e. The van der Waals surface area contributed by atoms with Gasteiger partial charge in [0.05, 0.1) is 6.33 Å². The third-order valence-corrected chi connectivity index (χ3v) is 3.99. The van der Waals surface area contributed by atoms with Crippen LogP contribution < -0.4 is 16.6 Å². The standard InChI is InChI=1S/C18H19N5O3/c1-12-15(17(25)22-18(26)20-12)5-6-16(24)21-14-4-2-3-13(9-14)10-23-8-7-19-11-23/h2-4,7-9,11H,5-6,10H2,1H3,(H,21,24)(H2,20,22,25,26). The molecule has 0 saturated heterocycles. The Morgan fingerprint density at radius 3 is 2.85 bits per heavy atom. The number of aromatic amines is 2. The smallest absolute Gasteiger partial charge is 0.325 e. The number of carbonyl (C=O) groups excluding carboxylic acids is 1. The molecule has 1 amide bonds. The van der Waals surface area contributed by atoms with Crippen LogP contribution in [0.2, 0.25) is 0 Å². The molecule has 0 saturated carbocycles. The van der Waals surface area contributed by atoms with Gasteiger partial charge in [-0.1, -0.05) is 12.1 Å². The first-order valence-electron chi connectivity index (χ1n) is 8.18. The first-order valence-corrected chi connectivity index (χ1v) is 8.18. The van der Waals surface area contributed by atoms with Gasteiger partial charge in [-0.15, -0.1) is 0 Å². The normalized spacial score (nSPS) is 10.7. The lowest BCUT2D eigenvalue weighted by Gasteiger charge is -2.08. The minimum Gasteiger partial charge on any atom is -0.333 e. The molecule has 1 aromatic carbocycles. The summed E-state index contributed by atoms with van der Waals surface area (Å²) in [7, 11) is 0. The molecule has 0 atom stereocenters. The van der Waals surface area contributed by atoms with Gasteiger partial charge in [-0.2, -0.15) is 0 Å². The molecule has 3 rings (SSSR count). The number of amides is 1. The molecule has 0 bridgehead atoms. The average Bonchev–Trinajstić information content (AvgIpc) is 3.07. The van der Waals surface area contributed by atoms with Crippen molar-refractivity contribution >= 4 is 11.6 Å². The molecule has 2 heterocycles. The van der Waals surface area contributed by atoms with Gasteiger partial charge in [0, 0.05) is 42.3 Å². The van der Waals surface area contributed by atoms with E-state index in [4.69, 9.17) is 0 Å². The maximum atomic E-state index is 12.2. The van der Waals surface area contributed by atoms with Crippen LogP contribution in [0.5, 0.6) is 0 Å². The molecule has 8 heteroatoms. The predicted molar refractivity (Wildman–Crippen MR) is 97.1 cm³/mol. The van der Waals surface area contributed by atoms with Crippen molar-refractivity contribution in [3.8, 4) is 0 Å². The van der Waals surface area contributed by atoms with E-state index < -0.39 is 11.2 Å². The number of H-pyrrole nitrogens is 2. The zero-order chi connectivity index (χ0) is 18.5. The molecule has 0 radical (unpaired) electrons. The van der Waals surface area contributed by atoms with Gasteiger partial charge in [0.2, 0.25) is 5.91 Å². The number of nitrogens with zero attached hydrogens (tertiary/aromatic N) is 2. The summed E-state index contributed by atoms with van der Waals surface area (Å²) < 4.78 is 1.94. The minimum absolute atomic E-state index is 0.141. The van der Waals surface area contributed by atoms with Crippen LogP contribution >= 0.6 is 0 Å². The molecule has 134 valence electrons. The zero-order valence-corrected chi connectivity index (χ0v) is 14.3. The lowest BCUT2D eigenvalue weighted by atomic mass is 10.1. The van der Waals surface area contributed by atoms with E-state index in [-0.39, 0.29) is 18.7 Å². The lowest BCUT2D eigenvalue weighted by molar-refractivity contribution is -0.116. The van der Waals surface area contributed by atoms with Crippen molar-refractivity contribution in [2.24, 2.45) is 0 Å². The van der Waals surface area contributed by atoms with Crippen LogP contribution in [0.25, 0.3) is 0 Å². The number of hydrogen-bond acceptors (Lipinski definition) is 4. The van der Waals surface area contributed by atoms with Crippen LogP contribution in [-0.4, -0.2) is 25.4 Å². The van der Waals surface area contributed by atoms with Gasteiger partial charge >= 0.3 is 5.69 Å². The van der Waals surface area contributed by atoms with Crippen molar-refractivity contribution in [3.63, 3.8) is 0 Å². The number of hydrogen-bond donors (Lipinski definition) is 3. The number of imidazole rings is 1. The monoisotopic (exact) mass is 353 g/mol. The van der Waals surface area contributed by atoms with Crippen molar-refractivity contribution in [3.05, 3.63) is 80.6 Å². The summed E-state index contributed by atoms with van der Waals surface area (Å²) in [5.74, 6) is -0.199. The molecule has 3 N–H and O–H groups in total. The van der Waals surface area contributed by atoms with Crippen molar-refractivity contribution in [1.29, 1.82) is 0 Å². The van der Waals surface area contributed by atoms with Crippen molar-refractivity contribution < 1.29 is 4.79 Å². The van der Waals surface area contributed by atoms with E-state index in [1.54, 1.807) is 19.4 Å². The second kappa shape index (κ2) is 7.64. The lowest BCUT2D eigenvalue weighted by Crippen LogP contribution is -2.27. The van der Waals surface area contributed by atoms with Gasteiger partial charge in [-0.25, -0.2) is 9.78 Å². The Morgan fingerprint density at radius 1 is 1.27 bits per heavy atom. The highest BCUT2D eigenvalue weighted by Crippen LogP contribution is 2.13. The van der Waals surface area contributed by atoms with Gasteiger partial charge in [0.25, 0.3) is 5.56 Å². The Balaban J connectivity index is 1.62. The molecule has 0 spiro atoms. The summed E-state index contributed by atoms with van der Waals surface area (Å²) in [6, 6.07) is 7.56. The quantitative estimate of drug-likeness (QED) is 0.618. The molecule has 0 aliphatic heterocycles. The van der Waals surface area contributed by atoms with E-state index >= 15 is 0 Å². The Labute approximate surface area is 148 Å². The predicted octanol–water partition coefficient (Wildman–Crippen LogP) is 1.19. The molecule has 0 aliphatic carbocycles. The van der Waals surface area contributed by atoms with Gasteiger partial charge in [0.1, 0.15) is 0 Å². The highest BCUT2D eigenvalue weighted by atomic mass is 16.2. The van der Waals surface area contributed by atoms with Crippen LogP contribution in [0, 0.1) is 6.92 Å². The summed E-state index contributed by atoms with van der Waals surface area (Å²) in [6.07, 6.45) is 5.71. The maximum absolute atomic E-state index is 12.2. The first kappa shape index (κ1) is 17.4. The molecular formula is C18H19N5O3. The number of aromatic nitrogens is 4. The number of anilines is 1. The molecule has 0 aliphatic rings. The summed E-state index contributed by atoms with van der Waals surface area (Å²) in [5, 5.41) is 2.83. The zero-order valence-electron chi connectivity index (χ0n) is 14.3. The molecular weight excluding hydrogens is 334 g/mol. The van der Waals surface area contributed by atoms with Crippen molar-refractivity contribution in [1.82, 2.24) is 19.5 Å². The Bertz CT molecular complexity index is 1020. The van der Waals surface area contributed by atoms with Crippen LogP contribution in [0.1, 0.15) is 23.2 Å². The number of rotatable bonds is 6. The highest BCUT2D eigenvalue weighted by molar-refractivity contribution is 5.90. The SMILES string of the molecule is Cc1[nH]c(=O)[nH]c(=O)c1CCC(=O)Nc1cccc(Cn2ccnc2)c1. The van der Waals surface area contributed by atoms with Gasteiger partial charge in [-0.3, -0.25) is 14.6 Å². The van der Waals surface area contributed by atoms with E-state index in [9.17, 15) is 14.4 Å². The average molecular weight is 353 g/mol. The largest absolute Gasteiger partial charge is 0.333 e. The second-order valence-electron chi connectivity index (χ2n) is 6.00. The molecule has 26 heavy (non-hydrogen) atoms. The third kappa shape index (κ3) is 4.35. The van der Waals surface area contributed by atoms with E-state index in [1.165, 1.54) is 0 Å². The fraction of sp³-hybridized carbons (Fsp3) is 0.222. The first-order chi connectivity index (χ1) is 12.5. The van der Waals surface area contributed by atoms with E-state index in [1.807, 2.05) is 35.0 Å². The van der Waals surface area contributed by atoms with Crippen LogP contribution in [0.15, 0.2) is 52.6 Å².